The standard InChI is InChI=1S/C15H23N3O/c1-11-8-13(16)9-17-14(11)12-4-6-18(7-5-12)10-15(2,3)19/h4,8-9,19H,5-7,10,16H2,1-3H3. The van der Waals surface area contributed by atoms with Gasteiger partial charge >= 0.3 is 0 Å². The first kappa shape index (κ1) is 14.0. The van der Waals surface area contributed by atoms with Gasteiger partial charge < -0.3 is 10.8 Å². The Kier molecular flexibility index (Phi) is 3.92. The van der Waals surface area contributed by atoms with Crippen molar-refractivity contribution in [3.63, 3.8) is 0 Å². The second kappa shape index (κ2) is 5.31. The monoisotopic (exact) mass is 261 g/mol. The van der Waals surface area contributed by atoms with E-state index >= 15 is 0 Å². The van der Waals surface area contributed by atoms with Gasteiger partial charge in [-0.2, -0.15) is 0 Å². The van der Waals surface area contributed by atoms with Gasteiger partial charge in [0, 0.05) is 19.6 Å². The number of aliphatic hydroxyl groups is 1. The highest BCUT2D eigenvalue weighted by Gasteiger charge is 2.21. The molecule has 4 nitrogen and oxygen atoms in total. The van der Waals surface area contributed by atoms with Gasteiger partial charge in [-0.05, 0) is 44.4 Å². The molecule has 0 atom stereocenters. The first-order chi connectivity index (χ1) is 8.85. The molecule has 0 unspecified atom stereocenters. The van der Waals surface area contributed by atoms with Gasteiger partial charge in [0.15, 0.2) is 0 Å². The normalized spacial score (nSPS) is 17.4. The molecule has 0 amide bonds. The van der Waals surface area contributed by atoms with Crippen LogP contribution in [0, 0.1) is 6.92 Å². The van der Waals surface area contributed by atoms with Gasteiger partial charge in [-0.25, -0.2) is 0 Å². The Bertz CT molecular complexity index is 489. The van der Waals surface area contributed by atoms with Crippen LogP contribution in [0.5, 0.6) is 0 Å². The Morgan fingerprint density at radius 3 is 2.74 bits per heavy atom. The molecule has 0 aromatic carbocycles. The van der Waals surface area contributed by atoms with Crippen molar-refractivity contribution in [3.05, 3.63) is 29.6 Å². The minimum absolute atomic E-state index is 0.638. The van der Waals surface area contributed by atoms with Crippen LogP contribution in [0.2, 0.25) is 0 Å². The van der Waals surface area contributed by atoms with Crippen LogP contribution in [0.4, 0.5) is 5.69 Å². The maximum absolute atomic E-state index is 9.84. The van der Waals surface area contributed by atoms with Crippen molar-refractivity contribution in [2.45, 2.75) is 32.8 Å². The molecule has 4 heteroatoms. The summed E-state index contributed by atoms with van der Waals surface area (Å²) in [4.78, 5) is 6.70. The second-order valence-corrected chi connectivity index (χ2v) is 5.96. The fraction of sp³-hybridized carbons (Fsp3) is 0.533. The average Bonchev–Trinajstić information content (AvgIpc) is 2.28. The molecule has 0 bridgehead atoms. The van der Waals surface area contributed by atoms with E-state index in [4.69, 9.17) is 5.73 Å². The second-order valence-electron chi connectivity index (χ2n) is 5.96. The number of anilines is 1. The fourth-order valence-electron chi connectivity index (χ4n) is 2.55. The number of hydrogen-bond donors (Lipinski definition) is 2. The minimum Gasteiger partial charge on any atom is -0.397 e. The van der Waals surface area contributed by atoms with Gasteiger partial charge in [-0.3, -0.25) is 9.88 Å². The van der Waals surface area contributed by atoms with Gasteiger partial charge in [0.05, 0.1) is 23.2 Å². The SMILES string of the molecule is Cc1cc(N)cnc1C1=CCN(CC(C)(C)O)CC1. The third-order valence-corrected chi connectivity index (χ3v) is 3.31. The summed E-state index contributed by atoms with van der Waals surface area (Å²) in [5.74, 6) is 0. The molecule has 19 heavy (non-hydrogen) atoms. The van der Waals surface area contributed by atoms with Crippen LogP contribution < -0.4 is 5.73 Å². The molecule has 0 fully saturated rings. The lowest BCUT2D eigenvalue weighted by atomic mass is 9.99. The molecule has 0 spiro atoms. The summed E-state index contributed by atoms with van der Waals surface area (Å²) in [7, 11) is 0. The third-order valence-electron chi connectivity index (χ3n) is 3.31. The van der Waals surface area contributed by atoms with Crippen molar-refractivity contribution in [1.29, 1.82) is 0 Å². The summed E-state index contributed by atoms with van der Waals surface area (Å²) < 4.78 is 0. The Balaban J connectivity index is 2.08. The van der Waals surface area contributed by atoms with Gasteiger partial charge in [0.2, 0.25) is 0 Å². The number of nitrogens with zero attached hydrogens (tertiary/aromatic N) is 2. The third kappa shape index (κ3) is 3.78. The molecular formula is C15H23N3O. The van der Waals surface area contributed by atoms with Gasteiger partial charge in [-0.15, -0.1) is 0 Å². The molecule has 2 rings (SSSR count). The molecule has 3 N–H and O–H groups in total. The zero-order chi connectivity index (χ0) is 14.0. The summed E-state index contributed by atoms with van der Waals surface area (Å²) in [6.07, 6.45) is 4.89. The summed E-state index contributed by atoms with van der Waals surface area (Å²) in [6.45, 7) is 8.26. The van der Waals surface area contributed by atoms with Crippen molar-refractivity contribution in [2.24, 2.45) is 0 Å². The van der Waals surface area contributed by atoms with Crippen LogP contribution >= 0.6 is 0 Å². The lowest BCUT2D eigenvalue weighted by molar-refractivity contribution is 0.0397. The molecular weight excluding hydrogens is 238 g/mol. The lowest BCUT2D eigenvalue weighted by Crippen LogP contribution is -2.40. The average molecular weight is 261 g/mol. The Morgan fingerprint density at radius 1 is 1.47 bits per heavy atom. The molecule has 1 aromatic rings. The predicted molar refractivity (Wildman–Crippen MR) is 78.7 cm³/mol. The van der Waals surface area contributed by atoms with Crippen molar-refractivity contribution in [2.75, 3.05) is 25.4 Å². The lowest BCUT2D eigenvalue weighted by Gasteiger charge is -2.31. The molecule has 2 heterocycles. The number of nitrogens with two attached hydrogens (primary N) is 1. The molecule has 1 aliphatic rings. The number of β-amino-alcohol motifs (C(OH)–C–C–N with tert-alkyl or cyclic N) is 1. The van der Waals surface area contributed by atoms with Crippen LogP contribution in [0.3, 0.4) is 0 Å². The Labute approximate surface area is 114 Å². The van der Waals surface area contributed by atoms with E-state index < -0.39 is 5.60 Å². The van der Waals surface area contributed by atoms with Crippen molar-refractivity contribution < 1.29 is 5.11 Å². The molecule has 104 valence electrons. The summed E-state index contributed by atoms with van der Waals surface area (Å²) in [5.41, 5.74) is 9.26. The van der Waals surface area contributed by atoms with E-state index in [0.29, 0.717) is 12.2 Å². The van der Waals surface area contributed by atoms with Gasteiger partial charge in [0.1, 0.15) is 0 Å². The van der Waals surface area contributed by atoms with E-state index in [2.05, 4.69) is 16.0 Å². The van der Waals surface area contributed by atoms with Crippen molar-refractivity contribution >= 4 is 11.3 Å². The topological polar surface area (TPSA) is 62.4 Å². The molecule has 0 saturated carbocycles. The summed E-state index contributed by atoms with van der Waals surface area (Å²) in [5, 5.41) is 9.84. The number of aryl methyl sites for hydroxylation is 1. The molecule has 1 aromatic heterocycles. The Hall–Kier alpha value is -1.39. The highest BCUT2D eigenvalue weighted by atomic mass is 16.3. The fourth-order valence-corrected chi connectivity index (χ4v) is 2.55. The minimum atomic E-state index is -0.638. The number of pyridine rings is 1. The van der Waals surface area contributed by atoms with Crippen molar-refractivity contribution in [3.8, 4) is 0 Å². The van der Waals surface area contributed by atoms with E-state index in [-0.39, 0.29) is 0 Å². The van der Waals surface area contributed by atoms with Crippen LogP contribution in [0.25, 0.3) is 5.57 Å². The highest BCUT2D eigenvalue weighted by molar-refractivity contribution is 5.67. The van der Waals surface area contributed by atoms with Crippen LogP contribution in [0.1, 0.15) is 31.5 Å². The first-order valence-corrected chi connectivity index (χ1v) is 6.71. The smallest absolute Gasteiger partial charge is 0.0718 e. The zero-order valence-electron chi connectivity index (χ0n) is 12.0. The summed E-state index contributed by atoms with van der Waals surface area (Å²) >= 11 is 0. The number of hydrogen-bond acceptors (Lipinski definition) is 4. The van der Waals surface area contributed by atoms with E-state index in [9.17, 15) is 5.11 Å². The molecule has 0 aliphatic carbocycles. The zero-order valence-corrected chi connectivity index (χ0v) is 12.0. The summed E-state index contributed by atoms with van der Waals surface area (Å²) in [6, 6.07) is 1.96. The van der Waals surface area contributed by atoms with Crippen LogP contribution in [-0.2, 0) is 0 Å². The van der Waals surface area contributed by atoms with Crippen molar-refractivity contribution in [1.82, 2.24) is 9.88 Å². The number of rotatable bonds is 3. The maximum Gasteiger partial charge on any atom is 0.0718 e. The quantitative estimate of drug-likeness (QED) is 0.871. The highest BCUT2D eigenvalue weighted by Crippen LogP contribution is 2.24. The van der Waals surface area contributed by atoms with E-state index in [1.165, 1.54) is 5.57 Å². The largest absolute Gasteiger partial charge is 0.397 e. The Morgan fingerprint density at radius 2 is 2.21 bits per heavy atom. The number of aromatic nitrogens is 1. The number of nitrogen functional groups attached to an aromatic ring is 1. The predicted octanol–water partition coefficient (Wildman–Crippen LogP) is 1.83. The first-order valence-electron chi connectivity index (χ1n) is 6.71. The van der Waals surface area contributed by atoms with Crippen LogP contribution in [0.15, 0.2) is 18.3 Å². The van der Waals surface area contributed by atoms with Gasteiger partial charge in [0.25, 0.3) is 0 Å². The molecule has 1 aliphatic heterocycles. The van der Waals surface area contributed by atoms with E-state index in [0.717, 1.165) is 30.8 Å². The van der Waals surface area contributed by atoms with E-state index in [1.54, 1.807) is 6.20 Å². The van der Waals surface area contributed by atoms with E-state index in [1.807, 2.05) is 26.8 Å². The maximum atomic E-state index is 9.84. The van der Waals surface area contributed by atoms with Crippen LogP contribution in [-0.4, -0.2) is 40.2 Å². The molecule has 0 radical (unpaired) electrons. The molecule has 0 saturated heterocycles. The van der Waals surface area contributed by atoms with Gasteiger partial charge in [-0.1, -0.05) is 6.08 Å².